The molecule has 0 saturated heterocycles. The molecule has 0 amide bonds. The second-order valence-corrected chi connectivity index (χ2v) is 4.78. The van der Waals surface area contributed by atoms with E-state index in [0.717, 1.165) is 16.7 Å². The van der Waals surface area contributed by atoms with Crippen LogP contribution in [-0.2, 0) is 9.53 Å². The molecule has 0 unspecified atom stereocenters. The molecular weight excluding hydrogens is 274 g/mol. The fourth-order valence-electron chi connectivity index (χ4n) is 2.17. The molecule has 0 N–H and O–H groups in total. The van der Waals surface area contributed by atoms with E-state index in [0.29, 0.717) is 5.57 Å². The van der Waals surface area contributed by atoms with Gasteiger partial charge in [0.1, 0.15) is 11.6 Å². The smallest absolute Gasteiger partial charge is 0.349 e. The predicted octanol–water partition coefficient (Wildman–Crippen LogP) is 4.21. The maximum absolute atomic E-state index is 11.8. The molecule has 0 atom stereocenters. The van der Waals surface area contributed by atoms with Gasteiger partial charge in [0.05, 0.1) is 6.61 Å². The van der Waals surface area contributed by atoms with Gasteiger partial charge < -0.3 is 4.74 Å². The highest BCUT2D eigenvalue weighted by Crippen LogP contribution is 2.24. The van der Waals surface area contributed by atoms with Crippen molar-refractivity contribution in [1.29, 1.82) is 5.26 Å². The van der Waals surface area contributed by atoms with Crippen LogP contribution in [0, 0.1) is 11.3 Å². The minimum absolute atomic E-state index is 0.0503. The fourth-order valence-corrected chi connectivity index (χ4v) is 2.17. The second kappa shape index (κ2) is 7.24. The third-order valence-corrected chi connectivity index (χ3v) is 3.39. The number of carbonyl (C=O) groups is 1. The van der Waals surface area contributed by atoms with Crippen molar-refractivity contribution < 1.29 is 9.53 Å². The largest absolute Gasteiger partial charge is 0.462 e. The van der Waals surface area contributed by atoms with Crippen molar-refractivity contribution in [2.45, 2.75) is 13.8 Å². The average molecular weight is 291 g/mol. The Kier molecular flexibility index (Phi) is 5.11. The Labute approximate surface area is 130 Å². The summed E-state index contributed by atoms with van der Waals surface area (Å²) in [4.78, 5) is 11.8. The van der Waals surface area contributed by atoms with Gasteiger partial charge in [0.15, 0.2) is 0 Å². The highest BCUT2D eigenvalue weighted by atomic mass is 16.5. The quantitative estimate of drug-likeness (QED) is 0.481. The number of nitrogens with zero attached hydrogens (tertiary/aromatic N) is 1. The first-order valence-corrected chi connectivity index (χ1v) is 7.11. The molecule has 2 aromatic carbocycles. The molecule has 2 rings (SSSR count). The Hall–Kier alpha value is -2.86. The summed E-state index contributed by atoms with van der Waals surface area (Å²) in [6.45, 7) is 3.73. The summed E-state index contributed by atoms with van der Waals surface area (Å²) in [6.07, 6.45) is 0. The Morgan fingerprint density at radius 1 is 1.05 bits per heavy atom. The summed E-state index contributed by atoms with van der Waals surface area (Å²) < 4.78 is 4.91. The maximum Gasteiger partial charge on any atom is 0.349 e. The first-order valence-electron chi connectivity index (χ1n) is 7.11. The highest BCUT2D eigenvalue weighted by molar-refractivity contribution is 6.01. The molecule has 2 aromatic rings. The van der Waals surface area contributed by atoms with Crippen molar-refractivity contribution >= 4 is 11.5 Å². The molecule has 0 aliphatic rings. The molecule has 0 heterocycles. The fraction of sp³-hybridized carbons (Fsp3) is 0.158. The lowest BCUT2D eigenvalue weighted by Crippen LogP contribution is -2.08. The molecule has 22 heavy (non-hydrogen) atoms. The van der Waals surface area contributed by atoms with Gasteiger partial charge in [-0.2, -0.15) is 5.26 Å². The number of ether oxygens (including phenoxy) is 1. The summed E-state index contributed by atoms with van der Waals surface area (Å²) in [5.74, 6) is -0.574. The molecule has 0 spiro atoms. The van der Waals surface area contributed by atoms with Crippen LogP contribution in [0.15, 0.2) is 60.2 Å². The van der Waals surface area contributed by atoms with Crippen molar-refractivity contribution in [3.63, 3.8) is 0 Å². The molecule has 0 aliphatic carbocycles. The summed E-state index contributed by atoms with van der Waals surface area (Å²) >= 11 is 0. The van der Waals surface area contributed by atoms with Crippen molar-refractivity contribution in [2.24, 2.45) is 0 Å². The van der Waals surface area contributed by atoms with Crippen molar-refractivity contribution in [1.82, 2.24) is 0 Å². The van der Waals surface area contributed by atoms with E-state index in [-0.39, 0.29) is 12.2 Å². The Bertz CT molecular complexity index is 722. The van der Waals surface area contributed by atoms with Crippen LogP contribution in [-0.4, -0.2) is 12.6 Å². The molecular formula is C19H17NO2. The number of hydrogen-bond donors (Lipinski definition) is 0. The molecule has 0 saturated carbocycles. The first kappa shape index (κ1) is 15.5. The number of benzene rings is 2. The Morgan fingerprint density at radius 3 is 2.18 bits per heavy atom. The molecule has 110 valence electrons. The van der Waals surface area contributed by atoms with Crippen molar-refractivity contribution in [3.05, 3.63) is 65.7 Å². The van der Waals surface area contributed by atoms with Gasteiger partial charge in [-0.15, -0.1) is 0 Å². The van der Waals surface area contributed by atoms with Crippen LogP contribution >= 0.6 is 0 Å². The lowest BCUT2D eigenvalue weighted by molar-refractivity contribution is -0.137. The topological polar surface area (TPSA) is 50.1 Å². The molecule has 3 heteroatoms. The number of carbonyl (C=O) groups excluding carboxylic acids is 1. The van der Waals surface area contributed by atoms with E-state index >= 15 is 0 Å². The van der Waals surface area contributed by atoms with E-state index in [2.05, 4.69) is 0 Å². The normalized spacial score (nSPS) is 11.3. The number of allylic oxidation sites excluding steroid dienone is 1. The molecule has 0 radical (unpaired) electrons. The van der Waals surface area contributed by atoms with E-state index in [1.807, 2.05) is 60.7 Å². The summed E-state index contributed by atoms with van der Waals surface area (Å²) in [5.41, 5.74) is 3.73. The van der Waals surface area contributed by atoms with Gasteiger partial charge in [0, 0.05) is 0 Å². The van der Waals surface area contributed by atoms with Crippen LogP contribution in [0.5, 0.6) is 0 Å². The van der Waals surface area contributed by atoms with Gasteiger partial charge in [-0.05, 0) is 36.1 Å². The van der Waals surface area contributed by atoms with Crippen molar-refractivity contribution in [3.8, 4) is 17.2 Å². The van der Waals surface area contributed by atoms with E-state index in [1.54, 1.807) is 13.8 Å². The molecule has 0 aromatic heterocycles. The minimum atomic E-state index is -0.574. The number of rotatable bonds is 4. The molecule has 3 nitrogen and oxygen atoms in total. The van der Waals surface area contributed by atoms with E-state index < -0.39 is 5.97 Å². The van der Waals surface area contributed by atoms with Gasteiger partial charge in [-0.3, -0.25) is 0 Å². The summed E-state index contributed by atoms with van der Waals surface area (Å²) in [7, 11) is 0. The summed E-state index contributed by atoms with van der Waals surface area (Å²) in [6, 6.07) is 19.8. The number of esters is 1. The van der Waals surface area contributed by atoms with Gasteiger partial charge in [-0.1, -0.05) is 54.6 Å². The standard InChI is InChI=1S/C19H17NO2/c1-3-22-19(21)18(13-20)14(2)15-9-11-17(12-10-15)16-7-5-4-6-8-16/h4-12H,3H2,1-2H3/b18-14-. The predicted molar refractivity (Wildman–Crippen MR) is 86.7 cm³/mol. The molecule has 0 fully saturated rings. The first-order chi connectivity index (χ1) is 10.7. The minimum Gasteiger partial charge on any atom is -0.462 e. The van der Waals surface area contributed by atoms with Crippen LogP contribution in [0.25, 0.3) is 16.7 Å². The number of hydrogen-bond acceptors (Lipinski definition) is 3. The van der Waals surface area contributed by atoms with Crippen LogP contribution in [0.4, 0.5) is 0 Å². The van der Waals surface area contributed by atoms with Gasteiger partial charge in [0.25, 0.3) is 0 Å². The Balaban J connectivity index is 2.34. The zero-order valence-corrected chi connectivity index (χ0v) is 12.7. The lowest BCUT2D eigenvalue weighted by atomic mass is 9.98. The molecule has 0 aliphatic heterocycles. The number of nitriles is 1. The van der Waals surface area contributed by atoms with E-state index in [1.165, 1.54) is 0 Å². The van der Waals surface area contributed by atoms with Gasteiger partial charge >= 0.3 is 5.97 Å². The van der Waals surface area contributed by atoms with Crippen molar-refractivity contribution in [2.75, 3.05) is 6.61 Å². The zero-order chi connectivity index (χ0) is 15.9. The second-order valence-electron chi connectivity index (χ2n) is 4.78. The van der Waals surface area contributed by atoms with Crippen LogP contribution < -0.4 is 0 Å². The maximum atomic E-state index is 11.8. The van der Waals surface area contributed by atoms with Gasteiger partial charge in [0.2, 0.25) is 0 Å². The van der Waals surface area contributed by atoms with Crippen LogP contribution in [0.3, 0.4) is 0 Å². The van der Waals surface area contributed by atoms with Crippen LogP contribution in [0.2, 0.25) is 0 Å². The third-order valence-electron chi connectivity index (χ3n) is 3.39. The lowest BCUT2D eigenvalue weighted by Gasteiger charge is -2.07. The average Bonchev–Trinajstić information content (AvgIpc) is 2.56. The van der Waals surface area contributed by atoms with E-state index in [9.17, 15) is 10.1 Å². The zero-order valence-electron chi connectivity index (χ0n) is 12.7. The monoisotopic (exact) mass is 291 g/mol. The highest BCUT2D eigenvalue weighted by Gasteiger charge is 2.14. The van der Waals surface area contributed by atoms with Gasteiger partial charge in [-0.25, -0.2) is 4.79 Å². The van der Waals surface area contributed by atoms with Crippen LogP contribution in [0.1, 0.15) is 19.4 Å². The van der Waals surface area contributed by atoms with E-state index in [4.69, 9.17) is 4.74 Å². The molecule has 0 bridgehead atoms. The Morgan fingerprint density at radius 2 is 1.64 bits per heavy atom. The summed E-state index contributed by atoms with van der Waals surface area (Å²) in [5, 5.41) is 9.18. The SMILES string of the molecule is CCOC(=O)/C(C#N)=C(/C)c1ccc(-c2ccccc2)cc1. The third kappa shape index (κ3) is 3.42.